The van der Waals surface area contributed by atoms with Crippen LogP contribution in [0.2, 0.25) is 0 Å². The van der Waals surface area contributed by atoms with Crippen molar-refractivity contribution in [1.29, 1.82) is 0 Å². The van der Waals surface area contributed by atoms with Gasteiger partial charge in [0, 0.05) is 50.0 Å². The van der Waals surface area contributed by atoms with Crippen molar-refractivity contribution in [2.45, 2.75) is 18.4 Å². The van der Waals surface area contributed by atoms with E-state index in [4.69, 9.17) is 0 Å². The zero-order chi connectivity index (χ0) is 14.3. The second-order valence-electron chi connectivity index (χ2n) is 5.11. The van der Waals surface area contributed by atoms with E-state index in [0.717, 1.165) is 28.7 Å². The molecule has 6 nitrogen and oxygen atoms in total. The van der Waals surface area contributed by atoms with Crippen molar-refractivity contribution in [3.63, 3.8) is 0 Å². The number of nitrogens with one attached hydrogen (secondary N) is 1. The van der Waals surface area contributed by atoms with Crippen LogP contribution in [-0.2, 0) is 18.6 Å². The van der Waals surface area contributed by atoms with Gasteiger partial charge in [-0.05, 0) is 6.92 Å². The van der Waals surface area contributed by atoms with Crippen molar-refractivity contribution in [1.82, 2.24) is 19.7 Å². The monoisotopic (exact) mass is 290 g/mol. The number of rotatable bonds is 3. The summed E-state index contributed by atoms with van der Waals surface area (Å²) in [6.45, 7) is 2.01. The van der Waals surface area contributed by atoms with E-state index in [2.05, 4.69) is 20.4 Å². The SMILES string of the molecule is Cc1cnc(Nc2c3c(nn2C)CSC3)nc1N(C)C. The molecule has 0 atom stereocenters. The highest BCUT2D eigenvalue weighted by Gasteiger charge is 2.22. The molecule has 0 spiro atoms. The summed E-state index contributed by atoms with van der Waals surface area (Å²) in [7, 11) is 5.92. The Labute approximate surface area is 122 Å². The van der Waals surface area contributed by atoms with E-state index in [1.165, 1.54) is 11.3 Å². The van der Waals surface area contributed by atoms with Crippen LogP contribution in [0.25, 0.3) is 0 Å². The largest absolute Gasteiger partial charge is 0.362 e. The summed E-state index contributed by atoms with van der Waals surface area (Å²) < 4.78 is 1.88. The van der Waals surface area contributed by atoms with Gasteiger partial charge in [0.25, 0.3) is 0 Å². The smallest absolute Gasteiger partial charge is 0.230 e. The molecule has 0 saturated heterocycles. The summed E-state index contributed by atoms with van der Waals surface area (Å²) in [5.74, 6) is 4.52. The minimum absolute atomic E-state index is 0.613. The van der Waals surface area contributed by atoms with Crippen LogP contribution in [0.15, 0.2) is 6.20 Å². The van der Waals surface area contributed by atoms with E-state index in [-0.39, 0.29) is 0 Å². The molecule has 2 aromatic rings. The van der Waals surface area contributed by atoms with Gasteiger partial charge in [-0.15, -0.1) is 0 Å². The molecule has 7 heteroatoms. The van der Waals surface area contributed by atoms with Gasteiger partial charge in [-0.1, -0.05) is 0 Å². The van der Waals surface area contributed by atoms with E-state index >= 15 is 0 Å². The molecule has 0 fully saturated rings. The Bertz CT molecular complexity index is 649. The van der Waals surface area contributed by atoms with E-state index in [9.17, 15) is 0 Å². The average molecular weight is 290 g/mol. The lowest BCUT2D eigenvalue weighted by Crippen LogP contribution is -2.14. The number of nitrogens with zero attached hydrogens (tertiary/aromatic N) is 5. The molecule has 0 unspecified atom stereocenters. The molecule has 0 amide bonds. The van der Waals surface area contributed by atoms with Crippen LogP contribution >= 0.6 is 11.8 Å². The standard InChI is InChI=1S/C13H18N6S/c1-8-5-14-13(15-11(8)18(2)3)16-12-9-6-20-7-10(9)17-19(12)4/h5H,6-7H2,1-4H3,(H,14,15,16). The Hall–Kier alpha value is -1.76. The predicted octanol–water partition coefficient (Wildman–Crippen LogP) is 2.07. The molecule has 3 rings (SSSR count). The molecule has 0 radical (unpaired) electrons. The normalized spacial score (nSPS) is 13.4. The number of thioether (sulfide) groups is 1. The minimum Gasteiger partial charge on any atom is -0.362 e. The summed E-state index contributed by atoms with van der Waals surface area (Å²) in [5, 5.41) is 7.84. The van der Waals surface area contributed by atoms with Crippen LogP contribution < -0.4 is 10.2 Å². The zero-order valence-electron chi connectivity index (χ0n) is 12.1. The first-order valence-corrected chi connectivity index (χ1v) is 7.62. The Morgan fingerprint density at radius 2 is 2.15 bits per heavy atom. The number of anilines is 3. The van der Waals surface area contributed by atoms with E-state index < -0.39 is 0 Å². The first kappa shape index (κ1) is 13.2. The lowest BCUT2D eigenvalue weighted by atomic mass is 10.3. The van der Waals surface area contributed by atoms with Gasteiger partial charge in [0.15, 0.2) is 0 Å². The first-order chi connectivity index (χ1) is 9.56. The molecular formula is C13H18N6S. The molecule has 106 valence electrons. The zero-order valence-corrected chi connectivity index (χ0v) is 13.0. The van der Waals surface area contributed by atoms with Gasteiger partial charge < -0.3 is 10.2 Å². The summed E-state index contributed by atoms with van der Waals surface area (Å²) in [4.78, 5) is 10.9. The minimum atomic E-state index is 0.613. The third kappa shape index (κ3) is 2.22. The Kier molecular flexibility index (Phi) is 3.29. The van der Waals surface area contributed by atoms with Crippen molar-refractivity contribution < 1.29 is 0 Å². The van der Waals surface area contributed by atoms with Gasteiger partial charge in [0.2, 0.25) is 5.95 Å². The van der Waals surface area contributed by atoms with E-state index in [0.29, 0.717) is 5.95 Å². The van der Waals surface area contributed by atoms with Crippen molar-refractivity contribution in [2.24, 2.45) is 7.05 Å². The highest BCUT2D eigenvalue weighted by molar-refractivity contribution is 7.98. The number of hydrogen-bond donors (Lipinski definition) is 1. The van der Waals surface area contributed by atoms with Crippen LogP contribution in [0.1, 0.15) is 16.8 Å². The van der Waals surface area contributed by atoms with Gasteiger partial charge in [0.05, 0.1) is 5.69 Å². The van der Waals surface area contributed by atoms with Crippen LogP contribution in [0.5, 0.6) is 0 Å². The van der Waals surface area contributed by atoms with Crippen molar-refractivity contribution in [2.75, 3.05) is 24.3 Å². The van der Waals surface area contributed by atoms with Crippen molar-refractivity contribution in [3.8, 4) is 0 Å². The molecule has 1 N–H and O–H groups in total. The maximum absolute atomic E-state index is 4.57. The third-order valence-corrected chi connectivity index (χ3v) is 4.28. The Morgan fingerprint density at radius 1 is 1.35 bits per heavy atom. The molecule has 3 heterocycles. The molecule has 0 bridgehead atoms. The Morgan fingerprint density at radius 3 is 2.90 bits per heavy atom. The van der Waals surface area contributed by atoms with Crippen LogP contribution in [0.4, 0.5) is 17.6 Å². The van der Waals surface area contributed by atoms with Gasteiger partial charge >= 0.3 is 0 Å². The molecule has 20 heavy (non-hydrogen) atoms. The second kappa shape index (κ2) is 4.97. The van der Waals surface area contributed by atoms with Gasteiger partial charge in [-0.3, -0.25) is 4.68 Å². The average Bonchev–Trinajstić information content (AvgIpc) is 2.94. The van der Waals surface area contributed by atoms with Gasteiger partial charge in [-0.2, -0.15) is 21.8 Å². The molecule has 0 aliphatic carbocycles. The summed E-state index contributed by atoms with van der Waals surface area (Å²) in [5.41, 5.74) is 3.50. The lowest BCUT2D eigenvalue weighted by Gasteiger charge is -2.15. The number of fused-ring (bicyclic) bond motifs is 1. The van der Waals surface area contributed by atoms with Gasteiger partial charge in [-0.25, -0.2) is 4.98 Å². The van der Waals surface area contributed by atoms with Crippen LogP contribution in [0, 0.1) is 6.92 Å². The topological polar surface area (TPSA) is 58.9 Å². The molecule has 1 aliphatic rings. The predicted molar refractivity (Wildman–Crippen MR) is 82.6 cm³/mol. The van der Waals surface area contributed by atoms with E-state index in [1.807, 2.05) is 55.6 Å². The van der Waals surface area contributed by atoms with Crippen LogP contribution in [0.3, 0.4) is 0 Å². The fourth-order valence-electron chi connectivity index (χ4n) is 2.35. The summed E-state index contributed by atoms with van der Waals surface area (Å²) in [6, 6.07) is 0. The summed E-state index contributed by atoms with van der Waals surface area (Å²) in [6.07, 6.45) is 1.84. The highest BCUT2D eigenvalue weighted by Crippen LogP contribution is 2.35. The molecule has 0 aromatic carbocycles. The maximum Gasteiger partial charge on any atom is 0.230 e. The quantitative estimate of drug-likeness (QED) is 0.934. The van der Waals surface area contributed by atoms with Crippen LogP contribution in [-0.4, -0.2) is 33.8 Å². The molecular weight excluding hydrogens is 272 g/mol. The Balaban J connectivity index is 1.94. The lowest BCUT2D eigenvalue weighted by molar-refractivity contribution is 0.761. The summed E-state index contributed by atoms with van der Waals surface area (Å²) >= 11 is 1.89. The highest BCUT2D eigenvalue weighted by atomic mass is 32.2. The van der Waals surface area contributed by atoms with E-state index in [1.54, 1.807) is 0 Å². The van der Waals surface area contributed by atoms with Crippen molar-refractivity contribution in [3.05, 3.63) is 23.0 Å². The number of aromatic nitrogens is 4. The number of hydrogen-bond acceptors (Lipinski definition) is 6. The molecule has 2 aromatic heterocycles. The maximum atomic E-state index is 4.57. The second-order valence-corrected chi connectivity index (χ2v) is 6.10. The third-order valence-electron chi connectivity index (χ3n) is 3.31. The fourth-order valence-corrected chi connectivity index (χ4v) is 3.38. The number of aryl methyl sites for hydroxylation is 2. The first-order valence-electron chi connectivity index (χ1n) is 6.46. The molecule has 0 saturated carbocycles. The molecule has 1 aliphatic heterocycles. The van der Waals surface area contributed by atoms with Crippen molar-refractivity contribution >= 4 is 29.3 Å². The fraction of sp³-hybridized carbons (Fsp3) is 0.462. The van der Waals surface area contributed by atoms with Gasteiger partial charge in [0.1, 0.15) is 11.6 Å².